The van der Waals surface area contributed by atoms with Gasteiger partial charge in [-0.25, -0.2) is 0 Å². The molecule has 0 spiro atoms. The largest absolute Gasteiger partial charge is 0.307 e. The van der Waals surface area contributed by atoms with E-state index in [9.17, 15) is 4.21 Å². The Hall–Kier alpha value is -0.0900. The molecule has 17 heavy (non-hydrogen) atoms. The maximum absolute atomic E-state index is 12.0. The van der Waals surface area contributed by atoms with Crippen LogP contribution >= 0.6 is 23.2 Å². The van der Waals surface area contributed by atoms with Gasteiger partial charge in [0.05, 0.1) is 20.7 Å². The van der Waals surface area contributed by atoms with E-state index in [-0.39, 0.29) is 6.04 Å². The monoisotopic (exact) mass is 289 g/mol. The highest BCUT2D eigenvalue weighted by Gasteiger charge is 2.33. The molecule has 1 aromatic rings. The summed E-state index contributed by atoms with van der Waals surface area (Å²) >= 11 is 12.4. The topological polar surface area (TPSA) is 29.1 Å². The van der Waals surface area contributed by atoms with E-state index in [2.05, 4.69) is 5.32 Å². The maximum atomic E-state index is 12.0. The zero-order valence-corrected chi connectivity index (χ0v) is 11.5. The molecule has 0 aromatic heterocycles. The lowest BCUT2D eigenvalue weighted by molar-refractivity contribution is 0.502. The van der Waals surface area contributed by atoms with Crippen LogP contribution in [0.4, 0.5) is 0 Å². The van der Waals surface area contributed by atoms with Crippen molar-refractivity contribution in [3.8, 4) is 0 Å². The van der Waals surface area contributed by atoms with Gasteiger partial charge in [0, 0.05) is 28.4 Å². The molecule has 0 saturated heterocycles. The first-order chi connectivity index (χ1) is 8.16. The number of nitrogens with one attached hydrogen (secondary N) is 1. The summed E-state index contributed by atoms with van der Waals surface area (Å²) in [5.74, 6) is 0.664. The lowest BCUT2D eigenvalue weighted by Crippen LogP contribution is -2.29. The molecule has 1 saturated carbocycles. The van der Waals surface area contributed by atoms with Gasteiger partial charge >= 0.3 is 0 Å². The molecule has 2 atom stereocenters. The Balaban J connectivity index is 2.05. The minimum Gasteiger partial charge on any atom is -0.307 e. The minimum atomic E-state index is -1.01. The summed E-state index contributed by atoms with van der Waals surface area (Å²) in [6, 6.07) is 4.35. The molecule has 0 radical (unpaired) electrons. The average Bonchev–Trinajstić information content (AvgIpc) is 3.10. The molecule has 5 heteroatoms. The summed E-state index contributed by atoms with van der Waals surface area (Å²) in [7, 11) is -1.01. The summed E-state index contributed by atoms with van der Waals surface area (Å²) in [6.07, 6.45) is 3.33. The van der Waals surface area contributed by atoms with Gasteiger partial charge in [-0.2, -0.15) is 0 Å². The van der Waals surface area contributed by atoms with Gasteiger partial charge in [0.2, 0.25) is 0 Å². The first kappa shape index (κ1) is 12.0. The Labute approximate surface area is 113 Å². The van der Waals surface area contributed by atoms with Crippen molar-refractivity contribution in [2.45, 2.75) is 36.2 Å². The summed E-state index contributed by atoms with van der Waals surface area (Å²) in [6.45, 7) is 0. The number of rotatable bonds is 2. The fraction of sp³-hybridized carbons (Fsp3) is 0.500. The molecular weight excluding hydrogens is 277 g/mol. The predicted octanol–water partition coefficient (Wildman–Crippen LogP) is 3.30. The Morgan fingerprint density at radius 3 is 2.59 bits per heavy atom. The van der Waals surface area contributed by atoms with Crippen molar-refractivity contribution < 1.29 is 4.21 Å². The Morgan fingerprint density at radius 1 is 1.18 bits per heavy atom. The van der Waals surface area contributed by atoms with Gasteiger partial charge in [0.15, 0.2) is 0 Å². The minimum absolute atomic E-state index is 0.210. The molecular formula is C12H13Cl2NOS. The lowest BCUT2D eigenvalue weighted by Gasteiger charge is -2.27. The van der Waals surface area contributed by atoms with Crippen LogP contribution in [0.2, 0.25) is 10.0 Å². The van der Waals surface area contributed by atoms with Gasteiger partial charge in [-0.3, -0.25) is 4.21 Å². The third kappa shape index (κ3) is 2.26. The molecule has 1 aromatic carbocycles. The van der Waals surface area contributed by atoms with Gasteiger partial charge in [0.1, 0.15) is 0 Å². The van der Waals surface area contributed by atoms with Crippen molar-refractivity contribution in [2.75, 3.05) is 5.75 Å². The number of hydrogen-bond donors (Lipinski definition) is 1. The van der Waals surface area contributed by atoms with Gasteiger partial charge in [-0.05, 0) is 31.4 Å². The normalized spacial score (nSPS) is 27.9. The van der Waals surface area contributed by atoms with Crippen molar-refractivity contribution in [2.24, 2.45) is 0 Å². The number of halogens is 2. The highest BCUT2D eigenvalue weighted by molar-refractivity contribution is 7.85. The van der Waals surface area contributed by atoms with E-state index in [0.717, 1.165) is 16.9 Å². The average molecular weight is 290 g/mol. The van der Waals surface area contributed by atoms with Crippen LogP contribution in [0.5, 0.6) is 0 Å². The molecule has 2 unspecified atom stereocenters. The van der Waals surface area contributed by atoms with E-state index in [0.29, 0.717) is 21.8 Å². The zero-order chi connectivity index (χ0) is 12.0. The summed E-state index contributed by atoms with van der Waals surface area (Å²) in [5, 5.41) is 4.81. The van der Waals surface area contributed by atoms with Crippen LogP contribution in [0.3, 0.4) is 0 Å². The Morgan fingerprint density at radius 2 is 1.88 bits per heavy atom. The van der Waals surface area contributed by atoms with Gasteiger partial charge in [0.25, 0.3) is 0 Å². The first-order valence-corrected chi connectivity index (χ1v) is 7.86. The predicted molar refractivity (Wildman–Crippen MR) is 71.3 cm³/mol. The summed E-state index contributed by atoms with van der Waals surface area (Å²) < 4.78 is 12.0. The smallest absolute Gasteiger partial charge is 0.0636 e. The summed E-state index contributed by atoms with van der Waals surface area (Å²) in [5.41, 5.74) is 0.954. The van der Waals surface area contributed by atoms with Crippen LogP contribution in [-0.2, 0) is 10.8 Å². The van der Waals surface area contributed by atoms with Crippen LogP contribution in [0.15, 0.2) is 17.0 Å². The number of benzene rings is 1. The molecule has 0 amide bonds. The van der Waals surface area contributed by atoms with E-state index in [1.807, 2.05) is 0 Å². The molecule has 1 fully saturated rings. The quantitative estimate of drug-likeness (QED) is 0.905. The third-order valence-corrected chi connectivity index (χ3v) is 5.54. The van der Waals surface area contributed by atoms with Gasteiger partial charge in [-0.15, -0.1) is 0 Å². The zero-order valence-electron chi connectivity index (χ0n) is 9.21. The number of fused-ring (bicyclic) bond motifs is 1. The molecule has 92 valence electrons. The second kappa shape index (κ2) is 4.54. The molecule has 1 aliphatic heterocycles. The third-order valence-electron chi connectivity index (χ3n) is 3.28. The van der Waals surface area contributed by atoms with E-state index in [1.165, 1.54) is 12.8 Å². The van der Waals surface area contributed by atoms with Gasteiger partial charge < -0.3 is 5.32 Å². The van der Waals surface area contributed by atoms with Crippen LogP contribution in [0.1, 0.15) is 30.9 Å². The molecule has 3 rings (SSSR count). The fourth-order valence-electron chi connectivity index (χ4n) is 2.28. The van der Waals surface area contributed by atoms with Crippen molar-refractivity contribution in [1.82, 2.24) is 5.32 Å². The summed E-state index contributed by atoms with van der Waals surface area (Å²) in [4.78, 5) is 0.739. The van der Waals surface area contributed by atoms with Crippen molar-refractivity contribution in [3.63, 3.8) is 0 Å². The van der Waals surface area contributed by atoms with E-state index in [4.69, 9.17) is 23.2 Å². The highest BCUT2D eigenvalue weighted by Crippen LogP contribution is 2.40. The van der Waals surface area contributed by atoms with Crippen LogP contribution in [0.25, 0.3) is 0 Å². The van der Waals surface area contributed by atoms with E-state index < -0.39 is 10.8 Å². The second-order valence-electron chi connectivity index (χ2n) is 4.60. The van der Waals surface area contributed by atoms with Crippen molar-refractivity contribution in [3.05, 3.63) is 27.7 Å². The van der Waals surface area contributed by atoms with Crippen LogP contribution in [-0.4, -0.2) is 16.0 Å². The molecule has 1 heterocycles. The van der Waals surface area contributed by atoms with Crippen molar-refractivity contribution in [1.29, 1.82) is 0 Å². The second-order valence-corrected chi connectivity index (χ2v) is 6.93. The molecule has 0 bridgehead atoms. The standard InChI is InChI=1S/C12H13Cl2NOS/c13-8-3-4-9(14)12-11(8)10(5-6-17(12)16)15-7-1-2-7/h3-4,7,10,15H,1-2,5-6H2. The Bertz CT molecular complexity index is 488. The van der Waals surface area contributed by atoms with Crippen LogP contribution < -0.4 is 5.32 Å². The fourth-order valence-corrected chi connectivity index (χ4v) is 4.48. The van der Waals surface area contributed by atoms with Crippen LogP contribution in [0, 0.1) is 0 Å². The van der Waals surface area contributed by atoms with Gasteiger partial charge in [-0.1, -0.05) is 23.2 Å². The molecule has 2 aliphatic rings. The van der Waals surface area contributed by atoms with E-state index >= 15 is 0 Å². The SMILES string of the molecule is O=S1CCC(NC2CC2)c2c(Cl)ccc(Cl)c21. The van der Waals surface area contributed by atoms with Crippen molar-refractivity contribution >= 4 is 34.0 Å². The maximum Gasteiger partial charge on any atom is 0.0636 e. The lowest BCUT2D eigenvalue weighted by atomic mass is 10.0. The molecule has 2 nitrogen and oxygen atoms in total. The Kier molecular flexibility index (Phi) is 3.20. The number of hydrogen-bond acceptors (Lipinski definition) is 2. The highest BCUT2D eigenvalue weighted by atomic mass is 35.5. The molecule has 1 aliphatic carbocycles. The van der Waals surface area contributed by atoms with E-state index in [1.54, 1.807) is 12.1 Å². The first-order valence-electron chi connectivity index (χ1n) is 5.79. The molecule has 1 N–H and O–H groups in total.